The number of rotatable bonds is 4. The van der Waals surface area contributed by atoms with Crippen molar-refractivity contribution in [3.05, 3.63) is 35.4 Å². The molecule has 0 aromatic heterocycles. The first kappa shape index (κ1) is 14.1. The third-order valence-electron chi connectivity index (χ3n) is 3.94. The van der Waals surface area contributed by atoms with Crippen LogP contribution in [0.15, 0.2) is 24.3 Å². The van der Waals surface area contributed by atoms with Crippen LogP contribution in [0.5, 0.6) is 0 Å². The van der Waals surface area contributed by atoms with Gasteiger partial charge in [0.15, 0.2) is 0 Å². The van der Waals surface area contributed by atoms with Crippen LogP contribution in [-0.2, 0) is 4.74 Å². The molecular formula is C16H23NO2. The molecule has 0 atom stereocenters. The number of carbonyl (C=O) groups is 1. The van der Waals surface area contributed by atoms with Crippen LogP contribution in [0.3, 0.4) is 0 Å². The van der Waals surface area contributed by atoms with E-state index in [4.69, 9.17) is 4.74 Å². The number of hydrogen-bond donors (Lipinski definition) is 0. The van der Waals surface area contributed by atoms with Gasteiger partial charge in [-0.15, -0.1) is 0 Å². The van der Waals surface area contributed by atoms with Gasteiger partial charge in [0.2, 0.25) is 0 Å². The SMILES string of the molecule is Cc1ccccc1C(=O)N(C)CCC1CCOCC1. The van der Waals surface area contributed by atoms with Crippen LogP contribution in [0.25, 0.3) is 0 Å². The van der Waals surface area contributed by atoms with Crippen molar-refractivity contribution in [2.75, 3.05) is 26.8 Å². The van der Waals surface area contributed by atoms with E-state index in [1.165, 1.54) is 0 Å². The first-order chi connectivity index (χ1) is 9.18. The normalized spacial score (nSPS) is 16.3. The minimum atomic E-state index is 0.130. The molecule has 2 rings (SSSR count). The second-order valence-electron chi connectivity index (χ2n) is 5.39. The maximum atomic E-state index is 12.3. The van der Waals surface area contributed by atoms with Gasteiger partial charge in [0.05, 0.1) is 0 Å². The molecule has 0 saturated carbocycles. The largest absolute Gasteiger partial charge is 0.381 e. The van der Waals surface area contributed by atoms with Crippen molar-refractivity contribution in [3.8, 4) is 0 Å². The standard InChI is InChI=1S/C16H23NO2/c1-13-5-3-4-6-15(13)16(18)17(2)10-7-14-8-11-19-12-9-14/h3-6,14H,7-12H2,1-2H3. The van der Waals surface area contributed by atoms with Crippen LogP contribution in [0.1, 0.15) is 35.2 Å². The van der Waals surface area contributed by atoms with Gasteiger partial charge in [0, 0.05) is 32.4 Å². The summed E-state index contributed by atoms with van der Waals surface area (Å²) < 4.78 is 5.36. The molecule has 1 heterocycles. The van der Waals surface area contributed by atoms with Crippen LogP contribution in [0.4, 0.5) is 0 Å². The molecule has 1 amide bonds. The highest BCUT2D eigenvalue weighted by Crippen LogP contribution is 2.19. The molecule has 1 aliphatic rings. The lowest BCUT2D eigenvalue weighted by molar-refractivity contribution is 0.0583. The summed E-state index contributed by atoms with van der Waals surface area (Å²) in [6, 6.07) is 7.78. The second kappa shape index (κ2) is 6.71. The van der Waals surface area contributed by atoms with Crippen molar-refractivity contribution < 1.29 is 9.53 Å². The Labute approximate surface area is 115 Å². The Morgan fingerprint density at radius 3 is 2.68 bits per heavy atom. The molecule has 0 spiro atoms. The summed E-state index contributed by atoms with van der Waals surface area (Å²) in [6.07, 6.45) is 3.34. The summed E-state index contributed by atoms with van der Waals surface area (Å²) >= 11 is 0. The number of aryl methyl sites for hydroxylation is 1. The Morgan fingerprint density at radius 1 is 1.32 bits per heavy atom. The zero-order valence-corrected chi connectivity index (χ0v) is 11.9. The quantitative estimate of drug-likeness (QED) is 0.834. The van der Waals surface area contributed by atoms with Gasteiger partial charge >= 0.3 is 0 Å². The third-order valence-corrected chi connectivity index (χ3v) is 3.94. The number of ether oxygens (including phenoxy) is 1. The van der Waals surface area contributed by atoms with Gasteiger partial charge in [-0.1, -0.05) is 18.2 Å². The molecule has 3 nitrogen and oxygen atoms in total. The summed E-state index contributed by atoms with van der Waals surface area (Å²) in [6.45, 7) is 4.57. The van der Waals surface area contributed by atoms with Crippen molar-refractivity contribution in [3.63, 3.8) is 0 Å². The fraction of sp³-hybridized carbons (Fsp3) is 0.562. The van der Waals surface area contributed by atoms with Crippen LogP contribution in [0.2, 0.25) is 0 Å². The molecule has 0 unspecified atom stereocenters. The van der Waals surface area contributed by atoms with Crippen LogP contribution < -0.4 is 0 Å². The van der Waals surface area contributed by atoms with Gasteiger partial charge in [-0.3, -0.25) is 4.79 Å². The van der Waals surface area contributed by atoms with E-state index in [9.17, 15) is 4.79 Å². The lowest BCUT2D eigenvalue weighted by atomic mass is 9.96. The third kappa shape index (κ3) is 3.80. The topological polar surface area (TPSA) is 29.5 Å². The molecule has 0 N–H and O–H groups in total. The number of nitrogens with zero attached hydrogens (tertiary/aromatic N) is 1. The number of benzene rings is 1. The summed E-state index contributed by atoms with van der Waals surface area (Å²) in [7, 11) is 1.90. The first-order valence-corrected chi connectivity index (χ1v) is 7.07. The highest BCUT2D eigenvalue weighted by Gasteiger charge is 2.17. The number of amides is 1. The predicted molar refractivity (Wildman–Crippen MR) is 76.3 cm³/mol. The van der Waals surface area contributed by atoms with Gasteiger partial charge < -0.3 is 9.64 Å². The zero-order chi connectivity index (χ0) is 13.7. The van der Waals surface area contributed by atoms with E-state index in [0.717, 1.165) is 50.1 Å². The van der Waals surface area contributed by atoms with Gasteiger partial charge in [-0.05, 0) is 43.7 Å². The monoisotopic (exact) mass is 261 g/mol. The lowest BCUT2D eigenvalue weighted by Gasteiger charge is -2.25. The second-order valence-corrected chi connectivity index (χ2v) is 5.39. The molecule has 0 bridgehead atoms. The summed E-state index contributed by atoms with van der Waals surface area (Å²) in [4.78, 5) is 14.2. The van der Waals surface area contributed by atoms with E-state index in [0.29, 0.717) is 5.92 Å². The molecule has 1 saturated heterocycles. The molecule has 1 aromatic rings. The average Bonchev–Trinajstić information content (AvgIpc) is 2.45. The highest BCUT2D eigenvalue weighted by atomic mass is 16.5. The summed E-state index contributed by atoms with van der Waals surface area (Å²) in [5.74, 6) is 0.839. The minimum Gasteiger partial charge on any atom is -0.381 e. The van der Waals surface area contributed by atoms with E-state index >= 15 is 0 Å². The van der Waals surface area contributed by atoms with Crippen LogP contribution in [0, 0.1) is 12.8 Å². The van der Waals surface area contributed by atoms with Gasteiger partial charge in [0.1, 0.15) is 0 Å². The fourth-order valence-corrected chi connectivity index (χ4v) is 2.53. The maximum absolute atomic E-state index is 12.3. The summed E-state index contributed by atoms with van der Waals surface area (Å²) in [5.41, 5.74) is 1.86. The molecule has 104 valence electrons. The first-order valence-electron chi connectivity index (χ1n) is 7.07. The van der Waals surface area contributed by atoms with Crippen molar-refractivity contribution in [2.45, 2.75) is 26.2 Å². The van der Waals surface area contributed by atoms with Crippen molar-refractivity contribution in [1.29, 1.82) is 0 Å². The van der Waals surface area contributed by atoms with Gasteiger partial charge in [0.25, 0.3) is 5.91 Å². The Hall–Kier alpha value is -1.35. The Balaban J connectivity index is 1.87. The van der Waals surface area contributed by atoms with Crippen molar-refractivity contribution >= 4 is 5.91 Å². The van der Waals surface area contributed by atoms with E-state index in [-0.39, 0.29) is 5.91 Å². The molecule has 1 aromatic carbocycles. The number of carbonyl (C=O) groups excluding carboxylic acids is 1. The molecule has 0 aliphatic carbocycles. The maximum Gasteiger partial charge on any atom is 0.253 e. The summed E-state index contributed by atoms with van der Waals surface area (Å²) in [5, 5.41) is 0. The van der Waals surface area contributed by atoms with E-state index in [2.05, 4.69) is 0 Å². The smallest absolute Gasteiger partial charge is 0.253 e. The van der Waals surface area contributed by atoms with Crippen molar-refractivity contribution in [1.82, 2.24) is 4.90 Å². The van der Waals surface area contributed by atoms with Crippen LogP contribution >= 0.6 is 0 Å². The minimum absolute atomic E-state index is 0.130. The molecule has 3 heteroatoms. The van der Waals surface area contributed by atoms with E-state index in [1.807, 2.05) is 43.1 Å². The van der Waals surface area contributed by atoms with Gasteiger partial charge in [-0.2, -0.15) is 0 Å². The number of hydrogen-bond acceptors (Lipinski definition) is 2. The molecule has 19 heavy (non-hydrogen) atoms. The van der Waals surface area contributed by atoms with E-state index in [1.54, 1.807) is 0 Å². The Kier molecular flexibility index (Phi) is 4.97. The zero-order valence-electron chi connectivity index (χ0n) is 11.9. The fourth-order valence-electron chi connectivity index (χ4n) is 2.53. The molecule has 1 fully saturated rings. The molecule has 0 radical (unpaired) electrons. The molecular weight excluding hydrogens is 238 g/mol. The van der Waals surface area contributed by atoms with E-state index < -0.39 is 0 Å². The van der Waals surface area contributed by atoms with Crippen molar-refractivity contribution in [2.24, 2.45) is 5.92 Å². The highest BCUT2D eigenvalue weighted by molar-refractivity contribution is 5.95. The Morgan fingerprint density at radius 2 is 2.00 bits per heavy atom. The average molecular weight is 261 g/mol. The Bertz CT molecular complexity index is 425. The van der Waals surface area contributed by atoms with Gasteiger partial charge in [-0.25, -0.2) is 0 Å². The van der Waals surface area contributed by atoms with Crippen LogP contribution in [-0.4, -0.2) is 37.6 Å². The molecule has 1 aliphatic heterocycles. The lowest BCUT2D eigenvalue weighted by Crippen LogP contribution is -2.30. The predicted octanol–water partition coefficient (Wildman–Crippen LogP) is 2.88.